The van der Waals surface area contributed by atoms with Crippen molar-refractivity contribution in [2.45, 2.75) is 10.1 Å². The van der Waals surface area contributed by atoms with Gasteiger partial charge in [0.1, 0.15) is 11.0 Å². The van der Waals surface area contributed by atoms with E-state index < -0.39 is 33.4 Å². The van der Waals surface area contributed by atoms with Crippen LogP contribution in [0.5, 0.6) is 11.5 Å². The molecule has 0 spiro atoms. The number of benzene rings is 2. The maximum Gasteiger partial charge on any atom is 0.257 e. The van der Waals surface area contributed by atoms with E-state index in [2.05, 4.69) is 5.32 Å². The van der Waals surface area contributed by atoms with Crippen molar-refractivity contribution < 1.29 is 27.1 Å². The lowest BCUT2D eigenvalue weighted by Gasteiger charge is -2.18. The molecule has 0 radical (unpaired) electrons. The molecule has 3 aromatic rings. The number of carbonyl (C=O) groups is 1. The normalized spacial score (nSPS) is 12.2. The number of hydrogen-bond acceptors (Lipinski definition) is 6. The van der Waals surface area contributed by atoms with Crippen molar-refractivity contribution in [3.8, 4) is 11.5 Å². The van der Waals surface area contributed by atoms with E-state index in [1.165, 1.54) is 48.8 Å². The third kappa shape index (κ3) is 5.17. The molecule has 0 aliphatic heterocycles. The van der Waals surface area contributed by atoms with E-state index >= 15 is 0 Å². The zero-order chi connectivity index (χ0) is 21.6. The molecular formula is C21H20FNO5S2. The van der Waals surface area contributed by atoms with Crippen LogP contribution in [-0.4, -0.2) is 34.6 Å². The van der Waals surface area contributed by atoms with Crippen LogP contribution in [0.3, 0.4) is 0 Å². The lowest BCUT2D eigenvalue weighted by atomic mass is 10.3. The van der Waals surface area contributed by atoms with Gasteiger partial charge in [-0.2, -0.15) is 0 Å². The van der Waals surface area contributed by atoms with Crippen LogP contribution in [0, 0.1) is 5.82 Å². The second-order valence-corrected chi connectivity index (χ2v) is 9.36. The van der Waals surface area contributed by atoms with Crippen molar-refractivity contribution in [2.75, 3.05) is 20.3 Å². The Morgan fingerprint density at radius 2 is 1.83 bits per heavy atom. The van der Waals surface area contributed by atoms with Crippen molar-refractivity contribution in [2.24, 2.45) is 0 Å². The van der Waals surface area contributed by atoms with Crippen molar-refractivity contribution >= 4 is 27.1 Å². The SMILES string of the molecule is COc1ccc(S(=O)(=O)C(CNC(=O)COc2ccccc2F)c2cccs2)cc1. The lowest BCUT2D eigenvalue weighted by Crippen LogP contribution is -2.34. The fraction of sp³-hybridized carbons (Fsp3) is 0.190. The second kappa shape index (κ2) is 9.73. The molecule has 1 heterocycles. The van der Waals surface area contributed by atoms with Crippen molar-refractivity contribution in [3.63, 3.8) is 0 Å². The first-order chi connectivity index (χ1) is 14.4. The molecule has 1 unspecified atom stereocenters. The summed E-state index contributed by atoms with van der Waals surface area (Å²) in [5.41, 5.74) is 0. The average molecular weight is 450 g/mol. The Balaban J connectivity index is 1.71. The lowest BCUT2D eigenvalue weighted by molar-refractivity contribution is -0.123. The monoisotopic (exact) mass is 449 g/mol. The minimum Gasteiger partial charge on any atom is -0.497 e. The molecule has 158 valence electrons. The average Bonchev–Trinajstić information content (AvgIpc) is 3.27. The highest BCUT2D eigenvalue weighted by molar-refractivity contribution is 7.91. The third-order valence-corrected chi connectivity index (χ3v) is 7.54. The second-order valence-electron chi connectivity index (χ2n) is 6.25. The number of hydrogen-bond donors (Lipinski definition) is 1. The highest BCUT2D eigenvalue weighted by Gasteiger charge is 2.30. The molecule has 6 nitrogen and oxygen atoms in total. The quantitative estimate of drug-likeness (QED) is 0.540. The summed E-state index contributed by atoms with van der Waals surface area (Å²) < 4.78 is 50.2. The molecule has 1 N–H and O–H groups in total. The van der Waals surface area contributed by atoms with E-state index in [1.54, 1.807) is 35.7 Å². The maximum absolute atomic E-state index is 13.6. The molecule has 1 aromatic heterocycles. The van der Waals surface area contributed by atoms with Gasteiger partial charge in [-0.1, -0.05) is 18.2 Å². The fourth-order valence-electron chi connectivity index (χ4n) is 2.73. The van der Waals surface area contributed by atoms with Crippen LogP contribution in [0.1, 0.15) is 10.1 Å². The molecule has 1 atom stereocenters. The summed E-state index contributed by atoms with van der Waals surface area (Å²) in [7, 11) is -2.28. The van der Waals surface area contributed by atoms with Gasteiger partial charge in [0.15, 0.2) is 28.0 Å². The number of methoxy groups -OCH3 is 1. The topological polar surface area (TPSA) is 81.7 Å². The molecule has 9 heteroatoms. The van der Waals surface area contributed by atoms with Crippen molar-refractivity contribution in [3.05, 3.63) is 76.7 Å². The molecule has 0 aliphatic carbocycles. The number of rotatable bonds is 9. The fourth-order valence-corrected chi connectivity index (χ4v) is 5.51. The molecule has 0 fully saturated rings. The smallest absolute Gasteiger partial charge is 0.257 e. The first kappa shape index (κ1) is 21.8. The number of carbonyl (C=O) groups excluding carboxylic acids is 1. The number of thiophene rings is 1. The molecule has 3 rings (SSSR count). The van der Waals surface area contributed by atoms with Gasteiger partial charge in [-0.3, -0.25) is 4.79 Å². The Morgan fingerprint density at radius 3 is 2.47 bits per heavy atom. The first-order valence-electron chi connectivity index (χ1n) is 8.97. The van der Waals surface area contributed by atoms with Crippen LogP contribution in [-0.2, 0) is 14.6 Å². The molecule has 0 saturated heterocycles. The van der Waals surface area contributed by atoms with Gasteiger partial charge >= 0.3 is 0 Å². The summed E-state index contributed by atoms with van der Waals surface area (Å²) in [4.78, 5) is 12.9. The van der Waals surface area contributed by atoms with E-state index in [1.807, 2.05) is 0 Å². The molecule has 2 aromatic carbocycles. The summed E-state index contributed by atoms with van der Waals surface area (Å²) in [6.07, 6.45) is 0. The van der Waals surface area contributed by atoms with Gasteiger partial charge in [0, 0.05) is 11.4 Å². The van der Waals surface area contributed by atoms with Crippen LogP contribution in [0.4, 0.5) is 4.39 Å². The van der Waals surface area contributed by atoms with Gasteiger partial charge in [-0.15, -0.1) is 11.3 Å². The van der Waals surface area contributed by atoms with Crippen LogP contribution >= 0.6 is 11.3 Å². The van der Waals surface area contributed by atoms with Crippen LogP contribution in [0.15, 0.2) is 70.9 Å². The summed E-state index contributed by atoms with van der Waals surface area (Å²) in [5, 5.41) is 3.38. The first-order valence-corrected chi connectivity index (χ1v) is 11.4. The molecule has 30 heavy (non-hydrogen) atoms. The van der Waals surface area contributed by atoms with Gasteiger partial charge < -0.3 is 14.8 Å². The number of halogens is 1. The zero-order valence-corrected chi connectivity index (χ0v) is 17.7. The summed E-state index contributed by atoms with van der Waals surface area (Å²) in [6, 6.07) is 15.3. The Kier molecular flexibility index (Phi) is 7.07. The summed E-state index contributed by atoms with van der Waals surface area (Å²) >= 11 is 1.29. The molecular weight excluding hydrogens is 429 g/mol. The van der Waals surface area contributed by atoms with Gasteiger partial charge in [-0.25, -0.2) is 12.8 Å². The van der Waals surface area contributed by atoms with E-state index in [4.69, 9.17) is 9.47 Å². The van der Waals surface area contributed by atoms with Crippen LogP contribution < -0.4 is 14.8 Å². The summed E-state index contributed by atoms with van der Waals surface area (Å²) in [5.74, 6) is -0.637. The van der Waals surface area contributed by atoms with Gasteiger partial charge in [0.2, 0.25) is 0 Å². The van der Waals surface area contributed by atoms with Crippen LogP contribution in [0.2, 0.25) is 0 Å². The predicted octanol–water partition coefficient (Wildman–Crippen LogP) is 3.61. The molecule has 0 saturated carbocycles. The molecule has 0 bridgehead atoms. The molecule has 1 amide bonds. The van der Waals surface area contributed by atoms with Gasteiger partial charge in [-0.05, 0) is 47.8 Å². The largest absolute Gasteiger partial charge is 0.497 e. The predicted molar refractivity (Wildman–Crippen MR) is 112 cm³/mol. The van der Waals surface area contributed by atoms with E-state index in [-0.39, 0.29) is 17.2 Å². The Labute approximate surface area is 178 Å². The standard InChI is InChI=1S/C21H20FNO5S2/c1-27-15-8-10-16(11-9-15)30(25,26)20(19-7-4-12-29-19)13-23-21(24)14-28-18-6-3-2-5-17(18)22/h2-12,20H,13-14H2,1H3,(H,23,24). The number of ether oxygens (including phenoxy) is 2. The number of nitrogens with one attached hydrogen (secondary N) is 1. The van der Waals surface area contributed by atoms with Gasteiger partial charge in [0.05, 0.1) is 12.0 Å². The minimum atomic E-state index is -3.78. The van der Waals surface area contributed by atoms with Crippen molar-refractivity contribution in [1.82, 2.24) is 5.32 Å². The highest BCUT2D eigenvalue weighted by Crippen LogP contribution is 2.32. The number of amides is 1. The molecule has 0 aliphatic rings. The van der Waals surface area contributed by atoms with Crippen LogP contribution in [0.25, 0.3) is 0 Å². The highest BCUT2D eigenvalue weighted by atomic mass is 32.2. The number of para-hydroxylation sites is 1. The van der Waals surface area contributed by atoms with E-state index in [0.717, 1.165) is 0 Å². The minimum absolute atomic E-state index is 0.0479. The third-order valence-electron chi connectivity index (χ3n) is 4.30. The van der Waals surface area contributed by atoms with Crippen molar-refractivity contribution in [1.29, 1.82) is 0 Å². The Bertz CT molecular complexity index is 1080. The van der Waals surface area contributed by atoms with E-state index in [0.29, 0.717) is 10.6 Å². The maximum atomic E-state index is 13.6. The number of sulfone groups is 1. The van der Waals surface area contributed by atoms with E-state index in [9.17, 15) is 17.6 Å². The zero-order valence-electron chi connectivity index (χ0n) is 16.1. The van der Waals surface area contributed by atoms with Gasteiger partial charge in [0.25, 0.3) is 5.91 Å². The Hall–Kier alpha value is -2.91. The Morgan fingerprint density at radius 1 is 1.10 bits per heavy atom. The summed E-state index contributed by atoms with van der Waals surface area (Å²) in [6.45, 7) is -0.574.